The van der Waals surface area contributed by atoms with Gasteiger partial charge in [0, 0.05) is 18.7 Å². The van der Waals surface area contributed by atoms with Crippen LogP contribution in [0.2, 0.25) is 0 Å². The summed E-state index contributed by atoms with van der Waals surface area (Å²) in [7, 11) is -3.85. The Hall–Kier alpha value is -2.41. The number of amides is 1. The number of carbonyl (C=O) groups is 1. The van der Waals surface area contributed by atoms with Crippen LogP contribution < -0.4 is 9.62 Å². The van der Waals surface area contributed by atoms with E-state index in [1.807, 2.05) is 6.92 Å². The molecule has 0 radical (unpaired) electrons. The molecule has 1 aliphatic heterocycles. The van der Waals surface area contributed by atoms with Crippen LogP contribution in [0.4, 0.5) is 15.8 Å². The number of hydrogen-bond donors (Lipinski definition) is 1. The van der Waals surface area contributed by atoms with E-state index in [1.165, 1.54) is 19.1 Å². The molecule has 0 bridgehead atoms. The molecule has 0 aromatic heterocycles. The number of aryl methyl sites for hydroxylation is 2. The van der Waals surface area contributed by atoms with E-state index in [-0.39, 0.29) is 16.4 Å². The third-order valence-corrected chi connectivity index (χ3v) is 5.89. The van der Waals surface area contributed by atoms with Gasteiger partial charge in [-0.3, -0.25) is 9.52 Å². The quantitative estimate of drug-likeness (QED) is 0.883. The zero-order valence-electron chi connectivity index (χ0n) is 14.8. The highest BCUT2D eigenvalue weighted by molar-refractivity contribution is 7.92. The van der Waals surface area contributed by atoms with E-state index in [2.05, 4.69) is 4.72 Å². The minimum atomic E-state index is -3.85. The maximum Gasteiger partial charge on any atom is 0.261 e. The molecule has 1 amide bonds. The standard InChI is InChI=1S/C19H21FN2O3S/c1-13-6-7-15(12-18(13)22-10-4-3-5-19(22)23)21-26(24,25)16-8-9-17(20)14(2)11-16/h6-9,11-12,21H,3-5,10H2,1-2H3. The summed E-state index contributed by atoms with van der Waals surface area (Å²) in [5.41, 5.74) is 2.24. The third-order valence-electron chi connectivity index (χ3n) is 4.52. The van der Waals surface area contributed by atoms with Crippen LogP contribution >= 0.6 is 0 Å². The van der Waals surface area contributed by atoms with Crippen LogP contribution in [0.15, 0.2) is 41.3 Å². The minimum Gasteiger partial charge on any atom is -0.312 e. The Kier molecular flexibility index (Phi) is 5.00. The molecule has 1 N–H and O–H groups in total. The summed E-state index contributed by atoms with van der Waals surface area (Å²) < 4.78 is 41.1. The van der Waals surface area contributed by atoms with Gasteiger partial charge < -0.3 is 4.90 Å². The molecule has 26 heavy (non-hydrogen) atoms. The van der Waals surface area contributed by atoms with Gasteiger partial charge in [-0.1, -0.05) is 6.07 Å². The number of piperidine rings is 1. The highest BCUT2D eigenvalue weighted by Gasteiger charge is 2.22. The maximum absolute atomic E-state index is 13.4. The molecule has 0 saturated carbocycles. The average Bonchev–Trinajstić information content (AvgIpc) is 2.59. The lowest BCUT2D eigenvalue weighted by molar-refractivity contribution is -0.119. The fourth-order valence-corrected chi connectivity index (χ4v) is 4.16. The van der Waals surface area contributed by atoms with Gasteiger partial charge in [-0.05, 0) is 68.1 Å². The van der Waals surface area contributed by atoms with Crippen molar-refractivity contribution in [2.24, 2.45) is 0 Å². The van der Waals surface area contributed by atoms with Crippen LogP contribution in [0.1, 0.15) is 30.4 Å². The average molecular weight is 376 g/mol. The van der Waals surface area contributed by atoms with Gasteiger partial charge >= 0.3 is 0 Å². The van der Waals surface area contributed by atoms with Crippen molar-refractivity contribution < 1.29 is 17.6 Å². The van der Waals surface area contributed by atoms with Crippen LogP contribution in [0.5, 0.6) is 0 Å². The fraction of sp³-hybridized carbons (Fsp3) is 0.316. The smallest absolute Gasteiger partial charge is 0.261 e. The number of benzene rings is 2. The number of sulfonamides is 1. The zero-order chi connectivity index (χ0) is 18.9. The number of anilines is 2. The molecule has 0 spiro atoms. The normalized spacial score (nSPS) is 15.2. The van der Waals surface area contributed by atoms with Crippen LogP contribution in [0.3, 0.4) is 0 Å². The summed E-state index contributed by atoms with van der Waals surface area (Å²) in [4.78, 5) is 13.9. The predicted octanol–water partition coefficient (Wildman–Crippen LogP) is 3.76. The molecule has 2 aromatic carbocycles. The molecule has 1 fully saturated rings. The summed E-state index contributed by atoms with van der Waals surface area (Å²) in [6.45, 7) is 4.03. The van der Waals surface area contributed by atoms with Crippen molar-refractivity contribution in [2.75, 3.05) is 16.2 Å². The van der Waals surface area contributed by atoms with Crippen LogP contribution in [0.25, 0.3) is 0 Å². The second-order valence-corrected chi connectivity index (χ2v) is 8.20. The van der Waals surface area contributed by atoms with Gasteiger partial charge in [-0.2, -0.15) is 0 Å². The Balaban J connectivity index is 1.91. The van der Waals surface area contributed by atoms with Gasteiger partial charge in [0.25, 0.3) is 10.0 Å². The number of carbonyl (C=O) groups excluding carboxylic acids is 1. The molecule has 1 heterocycles. The van der Waals surface area contributed by atoms with E-state index in [4.69, 9.17) is 0 Å². The summed E-state index contributed by atoms with van der Waals surface area (Å²) in [5, 5.41) is 0. The monoisotopic (exact) mass is 376 g/mol. The molecule has 1 aliphatic rings. The minimum absolute atomic E-state index is 0.00688. The number of rotatable bonds is 4. The first kappa shape index (κ1) is 18.4. The van der Waals surface area contributed by atoms with E-state index in [0.717, 1.165) is 24.5 Å². The Morgan fingerprint density at radius 2 is 1.81 bits per heavy atom. The molecule has 138 valence electrons. The van der Waals surface area contributed by atoms with Crippen molar-refractivity contribution in [1.29, 1.82) is 0 Å². The Morgan fingerprint density at radius 1 is 1.04 bits per heavy atom. The van der Waals surface area contributed by atoms with Gasteiger partial charge in [0.05, 0.1) is 10.6 Å². The number of hydrogen-bond acceptors (Lipinski definition) is 3. The summed E-state index contributed by atoms with van der Waals surface area (Å²) >= 11 is 0. The maximum atomic E-state index is 13.4. The van der Waals surface area contributed by atoms with Gasteiger partial charge in [-0.25, -0.2) is 12.8 Å². The van der Waals surface area contributed by atoms with E-state index >= 15 is 0 Å². The topological polar surface area (TPSA) is 66.5 Å². The predicted molar refractivity (Wildman–Crippen MR) is 99.3 cm³/mol. The van der Waals surface area contributed by atoms with Crippen molar-refractivity contribution in [1.82, 2.24) is 0 Å². The first-order valence-corrected chi connectivity index (χ1v) is 9.96. The van der Waals surface area contributed by atoms with Crippen molar-refractivity contribution in [3.8, 4) is 0 Å². The first-order chi connectivity index (χ1) is 12.3. The molecule has 0 atom stereocenters. The Morgan fingerprint density at radius 3 is 2.50 bits per heavy atom. The molecular weight excluding hydrogens is 355 g/mol. The third kappa shape index (κ3) is 3.72. The lowest BCUT2D eigenvalue weighted by Gasteiger charge is -2.28. The van der Waals surface area contributed by atoms with E-state index in [0.29, 0.717) is 24.3 Å². The molecule has 5 nitrogen and oxygen atoms in total. The van der Waals surface area contributed by atoms with Crippen LogP contribution in [-0.4, -0.2) is 20.9 Å². The van der Waals surface area contributed by atoms with Crippen molar-refractivity contribution in [2.45, 2.75) is 38.0 Å². The molecular formula is C19H21FN2O3S. The fourth-order valence-electron chi connectivity index (χ4n) is 3.02. The van der Waals surface area contributed by atoms with Gasteiger partial charge in [0.15, 0.2) is 0 Å². The van der Waals surface area contributed by atoms with Gasteiger partial charge in [0.2, 0.25) is 5.91 Å². The van der Waals surface area contributed by atoms with E-state index in [9.17, 15) is 17.6 Å². The lowest BCUT2D eigenvalue weighted by Crippen LogP contribution is -2.35. The Bertz CT molecular complexity index is 957. The number of halogens is 1. The number of nitrogens with zero attached hydrogens (tertiary/aromatic N) is 1. The molecule has 1 saturated heterocycles. The zero-order valence-corrected chi connectivity index (χ0v) is 15.6. The second kappa shape index (κ2) is 7.07. The highest BCUT2D eigenvalue weighted by atomic mass is 32.2. The largest absolute Gasteiger partial charge is 0.312 e. The number of nitrogens with one attached hydrogen (secondary N) is 1. The summed E-state index contributed by atoms with van der Waals surface area (Å²) in [6, 6.07) is 8.77. The second-order valence-electron chi connectivity index (χ2n) is 6.52. The molecule has 2 aromatic rings. The lowest BCUT2D eigenvalue weighted by atomic mass is 10.1. The Labute approximate surface area is 152 Å². The van der Waals surface area contributed by atoms with Crippen LogP contribution in [-0.2, 0) is 14.8 Å². The van der Waals surface area contributed by atoms with Gasteiger partial charge in [-0.15, -0.1) is 0 Å². The van der Waals surface area contributed by atoms with Crippen molar-refractivity contribution >= 4 is 27.3 Å². The molecule has 3 rings (SSSR count). The molecule has 0 unspecified atom stereocenters. The first-order valence-electron chi connectivity index (χ1n) is 8.48. The molecule has 0 aliphatic carbocycles. The van der Waals surface area contributed by atoms with Crippen LogP contribution in [0, 0.1) is 19.7 Å². The van der Waals surface area contributed by atoms with Gasteiger partial charge in [0.1, 0.15) is 5.82 Å². The van der Waals surface area contributed by atoms with Crippen molar-refractivity contribution in [3.63, 3.8) is 0 Å². The summed E-state index contributed by atoms with van der Waals surface area (Å²) in [5.74, 6) is -0.404. The highest BCUT2D eigenvalue weighted by Crippen LogP contribution is 2.29. The molecule has 7 heteroatoms. The SMILES string of the molecule is Cc1cc(S(=O)(=O)Nc2ccc(C)c(N3CCCCC3=O)c2)ccc1F. The van der Waals surface area contributed by atoms with Crippen molar-refractivity contribution in [3.05, 3.63) is 53.3 Å². The van der Waals surface area contributed by atoms with E-state index in [1.54, 1.807) is 23.1 Å². The van der Waals surface area contributed by atoms with E-state index < -0.39 is 15.8 Å². The summed E-state index contributed by atoms with van der Waals surface area (Å²) in [6.07, 6.45) is 2.31.